The number of benzene rings is 1. The molecule has 0 bridgehead atoms. The van der Waals surface area contributed by atoms with E-state index in [2.05, 4.69) is 14.7 Å². The van der Waals surface area contributed by atoms with E-state index >= 15 is 4.39 Å². The Kier molecular flexibility index (Phi) is 6.64. The number of sulfonamides is 1. The van der Waals surface area contributed by atoms with E-state index in [0.29, 0.717) is 17.5 Å². The molecule has 1 aromatic carbocycles. The summed E-state index contributed by atoms with van der Waals surface area (Å²) in [4.78, 5) is 9.20. The van der Waals surface area contributed by atoms with E-state index in [1.165, 1.54) is 18.6 Å². The predicted molar refractivity (Wildman–Crippen MR) is 125 cm³/mol. The number of ether oxygens (including phenoxy) is 1. The fourth-order valence-electron chi connectivity index (χ4n) is 4.93. The van der Waals surface area contributed by atoms with Crippen LogP contribution in [-0.2, 0) is 10.0 Å². The minimum Gasteiger partial charge on any atom is -0.493 e. The summed E-state index contributed by atoms with van der Waals surface area (Å²) in [6.07, 6.45) is 0.390. The van der Waals surface area contributed by atoms with Gasteiger partial charge in [-0.05, 0) is 43.1 Å². The number of nitrogens with one attached hydrogen (secondary N) is 1. The van der Waals surface area contributed by atoms with Crippen LogP contribution in [0.2, 0.25) is 0 Å². The van der Waals surface area contributed by atoms with Crippen molar-refractivity contribution < 1.29 is 30.7 Å². The quantitative estimate of drug-likeness (QED) is 0.440. The van der Waals surface area contributed by atoms with Gasteiger partial charge in [-0.2, -0.15) is 13.2 Å². The van der Waals surface area contributed by atoms with Crippen molar-refractivity contribution in [3.05, 3.63) is 65.2 Å². The Bertz CT molecular complexity index is 1320. The Labute approximate surface area is 209 Å². The molecule has 3 aromatic rings. The molecular formula is C23H22F4N4O3S2. The summed E-state index contributed by atoms with van der Waals surface area (Å²) in [5.41, 5.74) is 1.11. The minimum absolute atomic E-state index is 0.0789. The standard InChI is InChI=1S/C23H22F4N4O3S2/c24-17-12-16-18(4-9-34-20(16)13-21(17)36(32,33)30-22-29-7-10-35-22)31-8-3-15(23(25,26)27)11-19(31)14-1-5-28-6-2-14/h1-2,5-7,10,12-13,15,18-19H,3-4,8-9,11H2,(H,29,30)/t15-,18-,19+/m1/s1. The van der Waals surface area contributed by atoms with Crippen LogP contribution in [0.25, 0.3) is 0 Å². The summed E-state index contributed by atoms with van der Waals surface area (Å²) in [6, 6.07) is 4.63. The average Bonchev–Trinajstić information content (AvgIpc) is 3.35. The smallest absolute Gasteiger partial charge is 0.391 e. The van der Waals surface area contributed by atoms with Crippen LogP contribution < -0.4 is 9.46 Å². The molecule has 1 N–H and O–H groups in total. The number of pyridine rings is 1. The summed E-state index contributed by atoms with van der Waals surface area (Å²) < 4.78 is 89.6. The van der Waals surface area contributed by atoms with E-state index in [-0.39, 0.29) is 36.9 Å². The average molecular weight is 543 g/mol. The second kappa shape index (κ2) is 9.60. The third kappa shape index (κ3) is 4.91. The number of thiazole rings is 1. The van der Waals surface area contributed by atoms with Gasteiger partial charge in [0.15, 0.2) is 5.13 Å². The lowest BCUT2D eigenvalue weighted by atomic mass is 9.84. The molecule has 2 aliphatic rings. The van der Waals surface area contributed by atoms with Crippen LogP contribution in [0.5, 0.6) is 5.75 Å². The Morgan fingerprint density at radius 3 is 2.58 bits per heavy atom. The van der Waals surface area contributed by atoms with Crippen molar-refractivity contribution >= 4 is 26.5 Å². The van der Waals surface area contributed by atoms with Crippen molar-refractivity contribution in [3.8, 4) is 5.75 Å². The number of fused-ring (bicyclic) bond motifs is 1. The third-order valence-electron chi connectivity index (χ3n) is 6.61. The van der Waals surface area contributed by atoms with E-state index in [9.17, 15) is 21.6 Å². The third-order valence-corrected chi connectivity index (χ3v) is 8.79. The van der Waals surface area contributed by atoms with E-state index in [1.807, 2.05) is 4.90 Å². The lowest BCUT2D eigenvalue weighted by Gasteiger charge is -2.46. The van der Waals surface area contributed by atoms with Gasteiger partial charge in [-0.15, -0.1) is 11.3 Å². The molecule has 2 aromatic heterocycles. The van der Waals surface area contributed by atoms with Crippen molar-refractivity contribution in [1.82, 2.24) is 14.9 Å². The van der Waals surface area contributed by atoms with Crippen molar-refractivity contribution in [3.63, 3.8) is 0 Å². The predicted octanol–water partition coefficient (Wildman–Crippen LogP) is 5.32. The van der Waals surface area contributed by atoms with Gasteiger partial charge in [-0.3, -0.25) is 14.6 Å². The van der Waals surface area contributed by atoms with Gasteiger partial charge in [0.05, 0.1) is 12.5 Å². The molecule has 7 nitrogen and oxygen atoms in total. The molecule has 0 radical (unpaired) electrons. The molecule has 0 amide bonds. The molecule has 0 aliphatic carbocycles. The van der Waals surface area contributed by atoms with Crippen LogP contribution in [0.4, 0.5) is 22.7 Å². The Morgan fingerprint density at radius 1 is 1.11 bits per heavy atom. The maximum Gasteiger partial charge on any atom is 0.391 e. The highest BCUT2D eigenvalue weighted by molar-refractivity contribution is 7.93. The number of alkyl halides is 3. The highest BCUT2D eigenvalue weighted by Crippen LogP contribution is 2.48. The molecule has 192 valence electrons. The van der Waals surface area contributed by atoms with E-state index < -0.39 is 44.9 Å². The molecule has 3 atom stereocenters. The zero-order chi connectivity index (χ0) is 25.5. The van der Waals surface area contributed by atoms with Crippen molar-refractivity contribution in [2.24, 2.45) is 5.92 Å². The van der Waals surface area contributed by atoms with Gasteiger partial charge < -0.3 is 4.74 Å². The van der Waals surface area contributed by atoms with E-state index in [0.717, 1.165) is 23.5 Å². The summed E-state index contributed by atoms with van der Waals surface area (Å²) in [5, 5.41) is 1.68. The van der Waals surface area contributed by atoms with Crippen LogP contribution in [0.3, 0.4) is 0 Å². The lowest BCUT2D eigenvalue weighted by molar-refractivity contribution is -0.192. The van der Waals surface area contributed by atoms with Gasteiger partial charge in [0, 0.05) is 54.1 Å². The second-order valence-electron chi connectivity index (χ2n) is 8.71. The first-order valence-corrected chi connectivity index (χ1v) is 13.6. The molecule has 36 heavy (non-hydrogen) atoms. The maximum atomic E-state index is 15.2. The Hall–Kier alpha value is -2.77. The number of aromatic nitrogens is 2. The van der Waals surface area contributed by atoms with Crippen molar-refractivity contribution in [2.45, 2.75) is 42.4 Å². The van der Waals surface area contributed by atoms with Crippen molar-refractivity contribution in [1.29, 1.82) is 0 Å². The van der Waals surface area contributed by atoms with Crippen LogP contribution in [0.1, 0.15) is 42.5 Å². The molecule has 1 fully saturated rings. The SMILES string of the molecule is O=S(=O)(Nc1nccs1)c1cc2c(cc1F)[C@H](N1CC[C@@H](C(F)(F)F)C[C@H]1c1ccncc1)CCO2. The molecule has 0 unspecified atom stereocenters. The molecule has 1 saturated heterocycles. The van der Waals surface area contributed by atoms with Gasteiger partial charge in [-0.1, -0.05) is 0 Å². The van der Waals surface area contributed by atoms with Gasteiger partial charge >= 0.3 is 6.18 Å². The summed E-state index contributed by atoms with van der Waals surface area (Å²) in [6.45, 7) is 0.361. The van der Waals surface area contributed by atoms with Gasteiger partial charge in [-0.25, -0.2) is 17.8 Å². The first kappa shape index (κ1) is 24.9. The number of likely N-dealkylation sites (tertiary alicyclic amines) is 1. The zero-order valence-electron chi connectivity index (χ0n) is 18.8. The van der Waals surface area contributed by atoms with Crippen LogP contribution in [0.15, 0.2) is 53.1 Å². The fraction of sp³-hybridized carbons (Fsp3) is 0.391. The van der Waals surface area contributed by atoms with Gasteiger partial charge in [0.1, 0.15) is 16.5 Å². The largest absolute Gasteiger partial charge is 0.493 e. The molecular weight excluding hydrogens is 520 g/mol. The topological polar surface area (TPSA) is 84.4 Å². The lowest BCUT2D eigenvalue weighted by Crippen LogP contribution is -2.44. The van der Waals surface area contributed by atoms with E-state index in [4.69, 9.17) is 4.74 Å². The Morgan fingerprint density at radius 2 is 1.89 bits per heavy atom. The molecule has 4 heterocycles. The highest BCUT2D eigenvalue weighted by atomic mass is 32.2. The summed E-state index contributed by atoms with van der Waals surface area (Å²) in [5.74, 6) is -2.23. The number of rotatable bonds is 5. The number of nitrogens with zero attached hydrogens (tertiary/aromatic N) is 3. The van der Waals surface area contributed by atoms with Crippen LogP contribution in [-0.4, -0.2) is 42.6 Å². The summed E-state index contributed by atoms with van der Waals surface area (Å²) in [7, 11) is -4.27. The number of piperidine rings is 1. The number of anilines is 1. The first-order chi connectivity index (χ1) is 17.1. The molecule has 0 spiro atoms. The van der Waals surface area contributed by atoms with Crippen LogP contribution >= 0.6 is 11.3 Å². The molecule has 5 rings (SSSR count). The van der Waals surface area contributed by atoms with Gasteiger partial charge in [0.2, 0.25) is 0 Å². The summed E-state index contributed by atoms with van der Waals surface area (Å²) >= 11 is 1.05. The highest BCUT2D eigenvalue weighted by Gasteiger charge is 2.46. The van der Waals surface area contributed by atoms with Crippen molar-refractivity contribution in [2.75, 3.05) is 17.9 Å². The van der Waals surface area contributed by atoms with Crippen LogP contribution in [0, 0.1) is 11.7 Å². The molecule has 2 aliphatic heterocycles. The Balaban J connectivity index is 1.49. The number of halogens is 4. The molecule has 13 heteroatoms. The van der Waals surface area contributed by atoms with Gasteiger partial charge in [0.25, 0.3) is 10.0 Å². The van der Waals surface area contributed by atoms with E-state index in [1.54, 1.807) is 17.5 Å². The minimum atomic E-state index is -4.31. The monoisotopic (exact) mass is 542 g/mol. The molecule has 0 saturated carbocycles. The second-order valence-corrected chi connectivity index (χ2v) is 11.3. The first-order valence-electron chi connectivity index (χ1n) is 11.2. The number of hydrogen-bond acceptors (Lipinski definition) is 7. The number of hydrogen-bond donors (Lipinski definition) is 1. The maximum absolute atomic E-state index is 15.2. The fourth-order valence-corrected chi connectivity index (χ4v) is 6.80. The zero-order valence-corrected chi connectivity index (χ0v) is 20.4. The normalized spacial score (nSPS) is 23.1.